The first kappa shape index (κ1) is 35.5. The third-order valence-corrected chi connectivity index (χ3v) is 12.6. The number of anilines is 9. The van der Waals surface area contributed by atoms with E-state index in [-0.39, 0.29) is 0 Å². The lowest BCUT2D eigenvalue weighted by Crippen LogP contribution is -2.13. The van der Waals surface area contributed by atoms with Crippen molar-refractivity contribution in [2.45, 2.75) is 0 Å². The van der Waals surface area contributed by atoms with Crippen LogP contribution in [0.1, 0.15) is 0 Å². The molecule has 0 amide bonds. The molecule has 11 rings (SSSR count). The van der Waals surface area contributed by atoms with Crippen molar-refractivity contribution >= 4 is 104 Å². The third kappa shape index (κ3) is 6.31. The zero-order valence-electron chi connectivity index (χ0n) is 32.8. The van der Waals surface area contributed by atoms with Crippen molar-refractivity contribution in [3.8, 4) is 0 Å². The van der Waals surface area contributed by atoms with Crippen molar-refractivity contribution in [2.75, 3.05) is 14.7 Å². The van der Waals surface area contributed by atoms with E-state index in [9.17, 15) is 0 Å². The molecule has 11 aromatic rings. The molecule has 0 aliphatic heterocycles. The van der Waals surface area contributed by atoms with Crippen LogP contribution in [0.2, 0.25) is 0 Å². The highest BCUT2D eigenvalue weighted by molar-refractivity contribution is 7.27. The van der Waals surface area contributed by atoms with Crippen LogP contribution < -0.4 is 14.7 Å². The van der Waals surface area contributed by atoms with Crippen molar-refractivity contribution in [3.05, 3.63) is 237 Å². The first-order valence-corrected chi connectivity index (χ1v) is 21.2. The standard InChI is InChI=1S/C56H39N3S/c1-5-23-43(24-6-1)57(44-25-7-2-8-26-44)48-38-51-50-32-18-34-53(59(46-29-11-4-12-30-46)52-33-17-22-41-20-15-16-31-49(41)52)55(50)60-56(51)54(39-48)58(45-27-9-3-10-28-45)47-36-35-40-19-13-14-21-42(40)37-47/h1-39H. The van der Waals surface area contributed by atoms with Crippen molar-refractivity contribution in [3.63, 3.8) is 0 Å². The summed E-state index contributed by atoms with van der Waals surface area (Å²) < 4.78 is 2.44. The zero-order chi connectivity index (χ0) is 39.8. The quantitative estimate of drug-likeness (QED) is 0.144. The van der Waals surface area contributed by atoms with Gasteiger partial charge in [0.25, 0.3) is 0 Å². The van der Waals surface area contributed by atoms with E-state index in [0.29, 0.717) is 0 Å². The van der Waals surface area contributed by atoms with Crippen molar-refractivity contribution in [1.82, 2.24) is 0 Å². The Morgan fingerprint density at radius 2 is 0.717 bits per heavy atom. The highest BCUT2D eigenvalue weighted by Crippen LogP contribution is 2.52. The van der Waals surface area contributed by atoms with Crippen molar-refractivity contribution in [2.24, 2.45) is 0 Å². The molecule has 0 aliphatic carbocycles. The lowest BCUT2D eigenvalue weighted by Gasteiger charge is -2.30. The first-order chi connectivity index (χ1) is 29.8. The monoisotopic (exact) mass is 785 g/mol. The number of hydrogen-bond donors (Lipinski definition) is 0. The van der Waals surface area contributed by atoms with E-state index in [2.05, 4.69) is 251 Å². The molecule has 0 atom stereocenters. The van der Waals surface area contributed by atoms with Gasteiger partial charge < -0.3 is 14.7 Å². The highest BCUT2D eigenvalue weighted by Gasteiger charge is 2.25. The minimum atomic E-state index is 1.08. The average Bonchev–Trinajstić information content (AvgIpc) is 3.70. The van der Waals surface area contributed by atoms with Gasteiger partial charge in [-0.1, -0.05) is 152 Å². The second-order valence-electron chi connectivity index (χ2n) is 15.0. The second kappa shape index (κ2) is 15.3. The van der Waals surface area contributed by atoms with E-state index in [4.69, 9.17) is 0 Å². The summed E-state index contributed by atoms with van der Waals surface area (Å²) in [4.78, 5) is 7.27. The number of fused-ring (bicyclic) bond motifs is 5. The largest absolute Gasteiger partial charge is 0.310 e. The molecule has 0 aliphatic rings. The lowest BCUT2D eigenvalue weighted by molar-refractivity contribution is 1.27. The molecule has 1 heterocycles. The molecule has 0 unspecified atom stereocenters. The molecule has 3 nitrogen and oxygen atoms in total. The molecule has 1 aromatic heterocycles. The van der Waals surface area contributed by atoms with Gasteiger partial charge in [-0.2, -0.15) is 0 Å². The molecule has 284 valence electrons. The SMILES string of the molecule is c1ccc(N(c2ccccc2)c2cc(N(c3ccccc3)c3ccc4ccccc4c3)c3sc4c(N(c5ccccc5)c5cccc6ccccc56)cccc4c3c2)cc1. The summed E-state index contributed by atoms with van der Waals surface area (Å²) in [7, 11) is 0. The predicted octanol–water partition coefficient (Wildman–Crippen LogP) is 16.8. The van der Waals surface area contributed by atoms with E-state index in [1.807, 2.05) is 11.3 Å². The maximum atomic E-state index is 2.45. The van der Waals surface area contributed by atoms with Gasteiger partial charge in [-0.05, 0) is 101 Å². The number of rotatable bonds is 9. The molecule has 0 spiro atoms. The maximum absolute atomic E-state index is 2.45. The van der Waals surface area contributed by atoms with Crippen LogP contribution in [-0.4, -0.2) is 0 Å². The highest BCUT2D eigenvalue weighted by atomic mass is 32.1. The number of nitrogens with zero attached hydrogens (tertiary/aromatic N) is 3. The van der Waals surface area contributed by atoms with Gasteiger partial charge in [-0.25, -0.2) is 0 Å². The van der Waals surface area contributed by atoms with Crippen molar-refractivity contribution in [1.29, 1.82) is 0 Å². The minimum absolute atomic E-state index is 1.08. The Hall–Kier alpha value is -7.66. The minimum Gasteiger partial charge on any atom is -0.310 e. The van der Waals surface area contributed by atoms with Gasteiger partial charge in [0.05, 0.1) is 26.5 Å². The van der Waals surface area contributed by atoms with Crippen LogP contribution in [0.15, 0.2) is 237 Å². The number of benzene rings is 10. The summed E-state index contributed by atoms with van der Waals surface area (Å²) in [5.41, 5.74) is 9.98. The Morgan fingerprint density at radius 1 is 0.233 bits per heavy atom. The number of thiophene rings is 1. The van der Waals surface area contributed by atoms with Gasteiger partial charge >= 0.3 is 0 Å². The van der Waals surface area contributed by atoms with Crippen LogP contribution in [0, 0.1) is 0 Å². The van der Waals surface area contributed by atoms with Crippen LogP contribution in [-0.2, 0) is 0 Å². The van der Waals surface area contributed by atoms with E-state index >= 15 is 0 Å². The fourth-order valence-electron chi connectivity index (χ4n) is 8.63. The summed E-state index contributed by atoms with van der Waals surface area (Å²) in [6.07, 6.45) is 0. The van der Waals surface area contributed by atoms with Crippen LogP contribution in [0.3, 0.4) is 0 Å². The topological polar surface area (TPSA) is 9.72 Å². The van der Waals surface area contributed by atoms with Crippen LogP contribution in [0.25, 0.3) is 41.7 Å². The smallest absolute Gasteiger partial charge is 0.0661 e. The Labute approximate surface area is 353 Å². The molecule has 0 saturated carbocycles. The Bertz CT molecular complexity index is 3230. The molecule has 60 heavy (non-hydrogen) atoms. The normalized spacial score (nSPS) is 11.3. The zero-order valence-corrected chi connectivity index (χ0v) is 33.6. The Kier molecular flexibility index (Phi) is 9.03. The van der Waals surface area contributed by atoms with E-state index in [1.165, 1.54) is 41.7 Å². The predicted molar refractivity (Wildman–Crippen MR) is 258 cm³/mol. The van der Waals surface area contributed by atoms with Gasteiger partial charge in [0.1, 0.15) is 0 Å². The number of hydrogen-bond acceptors (Lipinski definition) is 4. The van der Waals surface area contributed by atoms with E-state index < -0.39 is 0 Å². The summed E-state index contributed by atoms with van der Waals surface area (Å²) in [6, 6.07) is 85.4. The number of para-hydroxylation sites is 4. The maximum Gasteiger partial charge on any atom is 0.0661 e. The van der Waals surface area contributed by atoms with Crippen LogP contribution in [0.5, 0.6) is 0 Å². The Morgan fingerprint density at radius 3 is 1.38 bits per heavy atom. The summed E-state index contributed by atoms with van der Waals surface area (Å²) >= 11 is 1.87. The van der Waals surface area contributed by atoms with Crippen LogP contribution >= 0.6 is 11.3 Å². The molecule has 0 radical (unpaired) electrons. The molecular formula is C56H39N3S. The van der Waals surface area contributed by atoms with E-state index in [0.717, 1.165) is 51.2 Å². The van der Waals surface area contributed by atoms with E-state index in [1.54, 1.807) is 0 Å². The third-order valence-electron chi connectivity index (χ3n) is 11.3. The molecule has 0 bridgehead atoms. The van der Waals surface area contributed by atoms with Gasteiger partial charge in [0, 0.05) is 50.3 Å². The summed E-state index contributed by atoms with van der Waals surface area (Å²) in [6.45, 7) is 0. The fraction of sp³-hybridized carbons (Fsp3) is 0. The summed E-state index contributed by atoms with van der Waals surface area (Å²) in [5.74, 6) is 0. The first-order valence-electron chi connectivity index (χ1n) is 20.3. The Balaban J connectivity index is 1.24. The molecule has 0 fully saturated rings. The van der Waals surface area contributed by atoms with Gasteiger partial charge in [-0.3, -0.25) is 0 Å². The molecule has 0 N–H and O–H groups in total. The molecular weight excluding hydrogens is 747 g/mol. The van der Waals surface area contributed by atoms with Crippen LogP contribution in [0.4, 0.5) is 51.2 Å². The molecule has 10 aromatic carbocycles. The molecule has 4 heteroatoms. The van der Waals surface area contributed by atoms with Gasteiger partial charge in [-0.15, -0.1) is 11.3 Å². The molecule has 0 saturated heterocycles. The fourth-order valence-corrected chi connectivity index (χ4v) is 9.92. The average molecular weight is 786 g/mol. The second-order valence-corrected chi connectivity index (χ2v) is 16.0. The lowest BCUT2D eigenvalue weighted by atomic mass is 10.0. The van der Waals surface area contributed by atoms with Crippen molar-refractivity contribution < 1.29 is 0 Å². The van der Waals surface area contributed by atoms with Gasteiger partial charge in [0.15, 0.2) is 0 Å². The summed E-state index contributed by atoms with van der Waals surface area (Å²) in [5, 5.41) is 7.25. The van der Waals surface area contributed by atoms with Gasteiger partial charge in [0.2, 0.25) is 0 Å².